The first-order valence-electron chi connectivity index (χ1n) is 6.48. The van der Waals surface area contributed by atoms with Crippen molar-refractivity contribution < 1.29 is 14.6 Å². The fraction of sp³-hybridized carbons (Fsp3) is 0.500. The second kappa shape index (κ2) is 7.59. The van der Waals surface area contributed by atoms with Gasteiger partial charge in [0.1, 0.15) is 5.82 Å². The first-order valence-corrected chi connectivity index (χ1v) is 6.48. The summed E-state index contributed by atoms with van der Waals surface area (Å²) >= 11 is 0. The van der Waals surface area contributed by atoms with Gasteiger partial charge in [-0.25, -0.2) is 14.8 Å². The number of ether oxygens (including phenoxy) is 1. The van der Waals surface area contributed by atoms with Gasteiger partial charge in [0.15, 0.2) is 5.69 Å². The van der Waals surface area contributed by atoms with E-state index in [1.54, 1.807) is 0 Å². The number of carboxylic acids is 1. The zero-order chi connectivity index (χ0) is 15.1. The summed E-state index contributed by atoms with van der Waals surface area (Å²) in [7, 11) is 0. The lowest BCUT2D eigenvalue weighted by Crippen LogP contribution is -2.15. The quantitative estimate of drug-likeness (QED) is 0.561. The second-order valence-electron chi connectivity index (χ2n) is 4.89. The minimum atomic E-state index is -1.07. The first kappa shape index (κ1) is 16.1. The van der Waals surface area contributed by atoms with Gasteiger partial charge < -0.3 is 15.2 Å². The summed E-state index contributed by atoms with van der Waals surface area (Å²) in [5.41, 5.74) is 1.34. The van der Waals surface area contributed by atoms with Gasteiger partial charge in [-0.05, 0) is 6.92 Å². The summed E-state index contributed by atoms with van der Waals surface area (Å²) in [4.78, 5) is 19.4. The summed E-state index contributed by atoms with van der Waals surface area (Å²) in [6.45, 7) is 10.9. The van der Waals surface area contributed by atoms with Crippen LogP contribution in [0, 0.1) is 0 Å². The van der Waals surface area contributed by atoms with Crippen LogP contribution in [0.15, 0.2) is 18.3 Å². The van der Waals surface area contributed by atoms with Crippen LogP contribution in [-0.4, -0.2) is 40.8 Å². The molecule has 0 saturated carbocycles. The third kappa shape index (κ3) is 4.97. The molecule has 1 heterocycles. The third-order valence-electron chi connectivity index (χ3n) is 2.44. The van der Waals surface area contributed by atoms with E-state index in [0.717, 1.165) is 5.57 Å². The van der Waals surface area contributed by atoms with Gasteiger partial charge in [-0.1, -0.05) is 26.0 Å². The third-order valence-corrected chi connectivity index (χ3v) is 2.44. The topological polar surface area (TPSA) is 84.3 Å². The standard InChI is InChI=1S/C14H21N3O3/c1-9(2)8-20-6-5-15-11-7-16-13(10(3)4)17-12(11)14(18)19/h7,10,15H,1,5-6,8H2,2-4H3,(H,18,19). The highest BCUT2D eigenvalue weighted by atomic mass is 16.5. The zero-order valence-electron chi connectivity index (χ0n) is 12.1. The number of carboxylic acid groups (broad SMARTS) is 1. The number of aromatic nitrogens is 2. The summed E-state index contributed by atoms with van der Waals surface area (Å²) in [5.74, 6) is -0.466. The normalized spacial score (nSPS) is 10.6. The molecule has 1 aromatic rings. The molecule has 0 aliphatic rings. The molecule has 6 nitrogen and oxygen atoms in total. The van der Waals surface area contributed by atoms with Crippen molar-refractivity contribution in [2.45, 2.75) is 26.7 Å². The number of aromatic carboxylic acids is 1. The number of nitrogens with zero attached hydrogens (tertiary/aromatic N) is 2. The number of nitrogens with one attached hydrogen (secondary N) is 1. The predicted molar refractivity (Wildman–Crippen MR) is 77.2 cm³/mol. The summed E-state index contributed by atoms with van der Waals surface area (Å²) in [6, 6.07) is 0. The van der Waals surface area contributed by atoms with Crippen molar-refractivity contribution >= 4 is 11.7 Å². The van der Waals surface area contributed by atoms with E-state index in [9.17, 15) is 9.90 Å². The Morgan fingerprint density at radius 2 is 2.25 bits per heavy atom. The van der Waals surface area contributed by atoms with E-state index < -0.39 is 5.97 Å². The Balaban J connectivity index is 2.65. The molecule has 2 N–H and O–H groups in total. The smallest absolute Gasteiger partial charge is 0.356 e. The Morgan fingerprint density at radius 1 is 1.55 bits per heavy atom. The van der Waals surface area contributed by atoms with E-state index in [1.807, 2.05) is 20.8 Å². The lowest BCUT2D eigenvalue weighted by atomic mass is 10.2. The molecule has 0 bridgehead atoms. The van der Waals surface area contributed by atoms with Crippen molar-refractivity contribution in [3.05, 3.63) is 29.9 Å². The Bertz CT molecular complexity index is 487. The molecular weight excluding hydrogens is 258 g/mol. The van der Waals surface area contributed by atoms with Crippen molar-refractivity contribution in [3.8, 4) is 0 Å². The number of rotatable bonds is 8. The van der Waals surface area contributed by atoms with Crippen LogP contribution in [0.5, 0.6) is 0 Å². The number of hydrogen-bond acceptors (Lipinski definition) is 5. The molecule has 0 aliphatic carbocycles. The van der Waals surface area contributed by atoms with Crippen LogP contribution in [-0.2, 0) is 4.74 Å². The van der Waals surface area contributed by atoms with E-state index in [4.69, 9.17) is 4.74 Å². The molecule has 0 atom stereocenters. The minimum absolute atomic E-state index is 0.0106. The molecule has 110 valence electrons. The van der Waals surface area contributed by atoms with E-state index >= 15 is 0 Å². The van der Waals surface area contributed by atoms with Crippen LogP contribution in [0.4, 0.5) is 5.69 Å². The molecule has 0 amide bonds. The molecule has 1 aromatic heterocycles. The van der Waals surface area contributed by atoms with Crippen LogP contribution in [0.25, 0.3) is 0 Å². The maximum atomic E-state index is 11.2. The molecule has 1 rings (SSSR count). The minimum Gasteiger partial charge on any atom is -0.476 e. The van der Waals surface area contributed by atoms with Crippen molar-refractivity contribution in [2.75, 3.05) is 25.1 Å². The largest absolute Gasteiger partial charge is 0.476 e. The van der Waals surface area contributed by atoms with Gasteiger partial charge in [0.2, 0.25) is 0 Å². The van der Waals surface area contributed by atoms with Gasteiger partial charge in [-0.3, -0.25) is 0 Å². The van der Waals surface area contributed by atoms with Crippen molar-refractivity contribution in [1.29, 1.82) is 0 Å². The summed E-state index contributed by atoms with van der Waals surface area (Å²) < 4.78 is 5.33. The Hall–Kier alpha value is -1.95. The molecule has 6 heteroatoms. The van der Waals surface area contributed by atoms with Gasteiger partial charge in [-0.2, -0.15) is 0 Å². The maximum absolute atomic E-state index is 11.2. The lowest BCUT2D eigenvalue weighted by molar-refractivity contribution is 0.0691. The van der Waals surface area contributed by atoms with E-state index in [-0.39, 0.29) is 11.6 Å². The molecule has 0 aliphatic heterocycles. The highest BCUT2D eigenvalue weighted by Gasteiger charge is 2.15. The molecule has 0 aromatic carbocycles. The Kier molecular flexibility index (Phi) is 6.11. The van der Waals surface area contributed by atoms with Gasteiger partial charge in [0.25, 0.3) is 0 Å². The van der Waals surface area contributed by atoms with Crippen LogP contribution in [0.1, 0.15) is 43.0 Å². The molecular formula is C14H21N3O3. The van der Waals surface area contributed by atoms with E-state index in [2.05, 4.69) is 21.9 Å². The van der Waals surface area contributed by atoms with E-state index in [1.165, 1.54) is 6.20 Å². The van der Waals surface area contributed by atoms with Gasteiger partial charge >= 0.3 is 5.97 Å². The highest BCUT2D eigenvalue weighted by molar-refractivity contribution is 5.91. The maximum Gasteiger partial charge on any atom is 0.356 e. The highest BCUT2D eigenvalue weighted by Crippen LogP contribution is 2.16. The predicted octanol–water partition coefficient (Wildman–Crippen LogP) is 2.30. The fourth-order valence-electron chi connectivity index (χ4n) is 1.47. The van der Waals surface area contributed by atoms with Crippen LogP contribution >= 0.6 is 0 Å². The van der Waals surface area contributed by atoms with Crippen LogP contribution in [0.3, 0.4) is 0 Å². The monoisotopic (exact) mass is 279 g/mol. The Morgan fingerprint density at radius 3 is 2.80 bits per heavy atom. The van der Waals surface area contributed by atoms with Crippen molar-refractivity contribution in [3.63, 3.8) is 0 Å². The van der Waals surface area contributed by atoms with Gasteiger partial charge in [0.05, 0.1) is 25.1 Å². The average molecular weight is 279 g/mol. The van der Waals surface area contributed by atoms with Crippen molar-refractivity contribution in [1.82, 2.24) is 9.97 Å². The molecule has 0 radical (unpaired) electrons. The SMILES string of the molecule is C=C(C)COCCNc1cnc(C(C)C)nc1C(=O)O. The lowest BCUT2D eigenvalue weighted by Gasteiger charge is -2.11. The van der Waals surface area contributed by atoms with Gasteiger partial charge in [-0.15, -0.1) is 0 Å². The van der Waals surface area contributed by atoms with Gasteiger partial charge in [0, 0.05) is 12.5 Å². The van der Waals surface area contributed by atoms with Crippen LogP contribution < -0.4 is 5.32 Å². The molecule has 20 heavy (non-hydrogen) atoms. The summed E-state index contributed by atoms with van der Waals surface area (Å²) in [6.07, 6.45) is 1.50. The zero-order valence-corrected chi connectivity index (χ0v) is 12.1. The molecule has 0 spiro atoms. The summed E-state index contributed by atoms with van der Waals surface area (Å²) in [5, 5.41) is 12.1. The number of hydrogen-bond donors (Lipinski definition) is 2. The fourth-order valence-corrected chi connectivity index (χ4v) is 1.47. The second-order valence-corrected chi connectivity index (χ2v) is 4.89. The average Bonchev–Trinajstić information content (AvgIpc) is 2.37. The Labute approximate surface area is 118 Å². The molecule has 0 fully saturated rings. The first-order chi connectivity index (χ1) is 9.41. The molecule has 0 unspecified atom stereocenters. The number of carbonyl (C=O) groups is 1. The van der Waals surface area contributed by atoms with E-state index in [0.29, 0.717) is 31.3 Å². The van der Waals surface area contributed by atoms with Crippen molar-refractivity contribution in [2.24, 2.45) is 0 Å². The number of anilines is 1. The molecule has 0 saturated heterocycles. The van der Waals surface area contributed by atoms with Crippen LogP contribution in [0.2, 0.25) is 0 Å².